The third-order valence-electron chi connectivity index (χ3n) is 9.44. The van der Waals surface area contributed by atoms with Crippen molar-refractivity contribution in [1.82, 2.24) is 24.9 Å². The Hall–Kier alpha value is -3.66. The second-order valence-electron chi connectivity index (χ2n) is 11.7. The second kappa shape index (κ2) is 10.8. The van der Waals surface area contributed by atoms with Gasteiger partial charge < -0.3 is 24.9 Å². The molecular formula is C29H32FN7O6. The van der Waals surface area contributed by atoms with Crippen LogP contribution in [0, 0.1) is 11.1 Å². The maximum Gasteiger partial charge on any atom is 0.449 e. The van der Waals surface area contributed by atoms with Crippen LogP contribution in [0.1, 0.15) is 48.6 Å². The number of quaternary nitrogens is 1. The fourth-order valence-electron chi connectivity index (χ4n) is 7.17. The number of aliphatic imine (C=N–C) groups is 1. The largest absolute Gasteiger partial charge is 0.617 e. The number of pyridine rings is 1. The number of carbonyl (C=O) groups is 1. The van der Waals surface area contributed by atoms with Gasteiger partial charge in [-0.1, -0.05) is 5.21 Å². The highest BCUT2D eigenvalue weighted by molar-refractivity contribution is 5.89. The quantitative estimate of drug-likeness (QED) is 0.308. The molecule has 1 aromatic carbocycles. The Bertz CT molecular complexity index is 1610. The van der Waals surface area contributed by atoms with Crippen LogP contribution in [0.3, 0.4) is 0 Å². The lowest BCUT2D eigenvalue weighted by atomic mass is 9.72. The predicted molar refractivity (Wildman–Crippen MR) is 150 cm³/mol. The number of hydrogen-bond donors (Lipinski definition) is 2. The number of piperidine rings is 3. The number of allylic oxidation sites excluding steroid dienone is 1. The first-order valence-corrected chi connectivity index (χ1v) is 14.4. The number of aliphatic hydroxyl groups is 2. The van der Waals surface area contributed by atoms with E-state index in [0.29, 0.717) is 24.7 Å². The number of carbonyl (C=O) groups excluding carboxylic acids is 1. The van der Waals surface area contributed by atoms with Crippen molar-refractivity contribution in [2.75, 3.05) is 26.8 Å². The maximum absolute atomic E-state index is 13.8. The van der Waals surface area contributed by atoms with Gasteiger partial charge in [-0.25, -0.2) is 14.1 Å². The van der Waals surface area contributed by atoms with Crippen LogP contribution in [0.4, 0.5) is 9.18 Å². The zero-order valence-corrected chi connectivity index (χ0v) is 23.4. The molecule has 13 nitrogen and oxygen atoms in total. The first-order valence-electron chi connectivity index (χ1n) is 14.4. The lowest BCUT2D eigenvalue weighted by Crippen LogP contribution is -2.54. The van der Waals surface area contributed by atoms with E-state index >= 15 is 0 Å². The third kappa shape index (κ3) is 4.74. The zero-order valence-electron chi connectivity index (χ0n) is 23.4. The number of nitrogens with zero attached hydrogens (tertiary/aromatic N) is 7. The molecule has 43 heavy (non-hydrogen) atoms. The first-order chi connectivity index (χ1) is 20.8. The van der Waals surface area contributed by atoms with Crippen LogP contribution in [0.5, 0.6) is 5.75 Å². The van der Waals surface area contributed by atoms with Crippen LogP contribution >= 0.6 is 0 Å². The van der Waals surface area contributed by atoms with Gasteiger partial charge in [-0.3, -0.25) is 9.88 Å². The number of aliphatic hydroxyl groups excluding tert-OH is 2. The van der Waals surface area contributed by atoms with Crippen molar-refractivity contribution in [2.24, 2.45) is 10.9 Å². The van der Waals surface area contributed by atoms with Gasteiger partial charge in [-0.15, -0.1) is 5.10 Å². The summed E-state index contributed by atoms with van der Waals surface area (Å²) >= 11 is 0. The summed E-state index contributed by atoms with van der Waals surface area (Å²) in [6.45, 7) is 1.13. The molecule has 2 bridgehead atoms. The smallest absolute Gasteiger partial charge is 0.449 e. The molecule has 0 aliphatic carbocycles. The summed E-state index contributed by atoms with van der Waals surface area (Å²) in [5.74, 6) is 0.134. The van der Waals surface area contributed by atoms with Crippen LogP contribution in [-0.2, 0) is 4.74 Å². The maximum atomic E-state index is 13.8. The van der Waals surface area contributed by atoms with Gasteiger partial charge in [0, 0.05) is 36.3 Å². The van der Waals surface area contributed by atoms with E-state index in [1.807, 2.05) is 24.3 Å². The number of benzene rings is 1. The fraction of sp³-hybridized carbons (Fsp3) is 0.483. The number of urea groups is 1. The van der Waals surface area contributed by atoms with E-state index in [2.05, 4.69) is 25.2 Å². The molecular weight excluding hydrogens is 561 g/mol. The summed E-state index contributed by atoms with van der Waals surface area (Å²) in [7, 11) is 1.61. The molecule has 7 heterocycles. The molecule has 2 N–H and O–H groups in total. The Morgan fingerprint density at radius 3 is 2.93 bits per heavy atom. The molecule has 2 amide bonds. The normalized spacial score (nSPS) is 34.5. The highest BCUT2D eigenvalue weighted by atomic mass is 19.1. The van der Waals surface area contributed by atoms with Crippen LogP contribution in [0.15, 0.2) is 53.7 Å². The summed E-state index contributed by atoms with van der Waals surface area (Å²) in [5.41, 5.74) is 2.39. The number of rotatable bonds is 7. The molecule has 5 aliphatic heterocycles. The number of hydroxylamine groups is 3. The lowest BCUT2D eigenvalue weighted by molar-refractivity contribution is -0.802. The minimum Gasteiger partial charge on any atom is -0.617 e. The monoisotopic (exact) mass is 593 g/mol. The van der Waals surface area contributed by atoms with Crippen molar-refractivity contribution >= 4 is 23.1 Å². The van der Waals surface area contributed by atoms with Gasteiger partial charge in [-0.05, 0) is 55.1 Å². The summed E-state index contributed by atoms with van der Waals surface area (Å²) in [6, 6.07) is 5.79. The van der Waals surface area contributed by atoms with Crippen molar-refractivity contribution in [3.05, 3.63) is 65.2 Å². The Balaban J connectivity index is 1.08. The minimum atomic E-state index is -1.72. The molecule has 14 heteroatoms. The van der Waals surface area contributed by atoms with Crippen molar-refractivity contribution in [2.45, 2.75) is 55.7 Å². The third-order valence-corrected chi connectivity index (χ3v) is 9.44. The van der Waals surface area contributed by atoms with Crippen molar-refractivity contribution < 1.29 is 33.5 Å². The van der Waals surface area contributed by atoms with Gasteiger partial charge in [0.1, 0.15) is 18.1 Å². The van der Waals surface area contributed by atoms with Gasteiger partial charge in [-0.2, -0.15) is 9.38 Å². The lowest BCUT2D eigenvalue weighted by Gasteiger charge is -2.50. The standard InChI is InChI=1S/C29H32FN7O6/c1-42-18-2-3-22-20(9-18)19(4-6-31-22)28(39)25-8-16-5-7-35(25)12-21(16)23-13-36(34-33-23)24-10-27(43-26(24)15-38)37(41)14-17(30)11-32-29(37)40/h2-4,6,9,11,13-14,16,21,24-28,38-39H,5,7-8,10,12,15H2,1H3. The number of aromatic nitrogens is 4. The topological polar surface area (TPSA) is 158 Å². The van der Waals surface area contributed by atoms with Crippen LogP contribution in [-0.4, -0.2) is 97.2 Å². The molecule has 9 atom stereocenters. The average Bonchev–Trinajstić information content (AvgIpc) is 3.70. The molecule has 4 fully saturated rings. The Labute approximate surface area is 246 Å². The number of halogens is 1. The van der Waals surface area contributed by atoms with Gasteiger partial charge in [0.25, 0.3) is 0 Å². The SMILES string of the molecule is COc1ccc2nccc(C(O)C3CC4CCN3CC4c3cn(C4CC([N+]5([O-])C=C(F)C=NC5=O)OC4CO)nn3)c2c1. The average molecular weight is 594 g/mol. The van der Waals surface area contributed by atoms with Crippen LogP contribution in [0.2, 0.25) is 0 Å². The van der Waals surface area contributed by atoms with E-state index < -0.39 is 47.6 Å². The molecule has 4 saturated heterocycles. The predicted octanol–water partition coefficient (Wildman–Crippen LogP) is 2.72. The Morgan fingerprint density at radius 2 is 2.16 bits per heavy atom. The highest BCUT2D eigenvalue weighted by Gasteiger charge is 2.50. The van der Waals surface area contributed by atoms with Crippen LogP contribution in [0.25, 0.3) is 10.9 Å². The van der Waals surface area contributed by atoms with E-state index in [1.54, 1.807) is 24.2 Å². The van der Waals surface area contributed by atoms with Crippen molar-refractivity contribution in [3.63, 3.8) is 0 Å². The Kier molecular flexibility index (Phi) is 7.07. The zero-order chi connectivity index (χ0) is 29.9. The minimum absolute atomic E-state index is 0.0156. The summed E-state index contributed by atoms with van der Waals surface area (Å²) in [6.07, 6.45) is 3.78. The molecule has 0 radical (unpaired) electrons. The van der Waals surface area contributed by atoms with E-state index in [-0.39, 0.29) is 24.3 Å². The molecule has 0 saturated carbocycles. The van der Waals surface area contributed by atoms with Gasteiger partial charge in [0.05, 0.1) is 49.7 Å². The Morgan fingerprint density at radius 1 is 1.30 bits per heavy atom. The summed E-state index contributed by atoms with van der Waals surface area (Å²) < 4.78 is 24.8. The van der Waals surface area contributed by atoms with Crippen molar-refractivity contribution in [1.29, 1.82) is 0 Å². The number of ether oxygens (including phenoxy) is 2. The number of hydrogen-bond acceptors (Lipinski definition) is 10. The highest BCUT2D eigenvalue weighted by Crippen LogP contribution is 2.46. The molecule has 9 unspecified atom stereocenters. The molecule has 5 aliphatic rings. The van der Waals surface area contributed by atoms with E-state index in [0.717, 1.165) is 41.5 Å². The van der Waals surface area contributed by atoms with E-state index in [1.165, 1.54) is 0 Å². The van der Waals surface area contributed by atoms with Crippen LogP contribution < -0.4 is 4.74 Å². The first kappa shape index (κ1) is 28.1. The second-order valence-corrected chi connectivity index (χ2v) is 11.7. The van der Waals surface area contributed by atoms with Gasteiger partial charge >= 0.3 is 6.03 Å². The summed E-state index contributed by atoms with van der Waals surface area (Å²) in [5, 5.41) is 44.5. The van der Waals surface area contributed by atoms with Crippen molar-refractivity contribution in [3.8, 4) is 5.75 Å². The number of amides is 2. The molecule has 3 aromatic rings. The molecule has 0 spiro atoms. The van der Waals surface area contributed by atoms with Gasteiger partial charge in [0.15, 0.2) is 5.83 Å². The number of fused-ring (bicyclic) bond motifs is 4. The van der Waals surface area contributed by atoms with E-state index in [9.17, 15) is 24.6 Å². The molecule has 8 rings (SSSR count). The van der Waals surface area contributed by atoms with Gasteiger partial charge in [0.2, 0.25) is 6.23 Å². The van der Waals surface area contributed by atoms with E-state index in [4.69, 9.17) is 9.47 Å². The number of methoxy groups -OCH3 is 1. The molecule has 226 valence electrons. The summed E-state index contributed by atoms with van der Waals surface area (Å²) in [4.78, 5) is 22.4. The fourth-order valence-corrected chi connectivity index (χ4v) is 7.17. The molecule has 2 aromatic heterocycles.